The Bertz CT molecular complexity index is 1480. The first-order valence-electron chi connectivity index (χ1n) is 15.4. The van der Waals surface area contributed by atoms with Crippen LogP contribution in [0.4, 0.5) is 0 Å². The zero-order valence-corrected chi connectivity index (χ0v) is 25.8. The molecule has 4 heteroatoms. The fourth-order valence-electron chi connectivity index (χ4n) is 5.87. The summed E-state index contributed by atoms with van der Waals surface area (Å²) < 4.78 is 6.04. The number of benzene rings is 5. The van der Waals surface area contributed by atoms with E-state index in [0.29, 0.717) is 39.3 Å². The molecule has 0 saturated carbocycles. The average Bonchev–Trinajstić information content (AvgIpc) is 3.06. The smallest absolute Gasteiger partial charge is 0.332 e. The molecule has 0 radical (unpaired) electrons. The molecule has 0 aliphatic carbocycles. The molecule has 224 valence electrons. The van der Waals surface area contributed by atoms with Gasteiger partial charge in [-0.05, 0) is 41.7 Å². The summed E-state index contributed by atoms with van der Waals surface area (Å²) in [7, 11) is 0. The maximum Gasteiger partial charge on any atom is 0.332 e. The van der Waals surface area contributed by atoms with E-state index in [-0.39, 0.29) is 5.97 Å². The van der Waals surface area contributed by atoms with E-state index in [4.69, 9.17) is 4.74 Å². The maximum atomic E-state index is 14.7. The summed E-state index contributed by atoms with van der Waals surface area (Å²) in [6.45, 7) is 7.24. The van der Waals surface area contributed by atoms with E-state index < -0.39 is 5.54 Å². The lowest BCUT2D eigenvalue weighted by Gasteiger charge is -2.45. The fourth-order valence-corrected chi connectivity index (χ4v) is 5.87. The van der Waals surface area contributed by atoms with Gasteiger partial charge in [0.25, 0.3) is 0 Å². The fraction of sp³-hybridized carbons (Fsp3) is 0.225. The van der Waals surface area contributed by atoms with Crippen LogP contribution in [0.3, 0.4) is 0 Å². The Morgan fingerprint density at radius 1 is 0.568 bits per heavy atom. The van der Waals surface area contributed by atoms with Gasteiger partial charge in [-0.15, -0.1) is 0 Å². The van der Waals surface area contributed by atoms with E-state index in [1.165, 1.54) is 11.1 Å². The third kappa shape index (κ3) is 7.90. The zero-order chi connectivity index (χ0) is 30.6. The summed E-state index contributed by atoms with van der Waals surface area (Å²) in [5.74, 6) is -0.234. The summed E-state index contributed by atoms with van der Waals surface area (Å²) in [6, 6.07) is 50.3. The van der Waals surface area contributed by atoms with Gasteiger partial charge in [0.1, 0.15) is 0 Å². The minimum atomic E-state index is -1.10. The lowest BCUT2D eigenvalue weighted by Crippen LogP contribution is -2.58. The zero-order valence-electron chi connectivity index (χ0n) is 25.8. The molecule has 0 aliphatic heterocycles. The van der Waals surface area contributed by atoms with Crippen LogP contribution in [0.2, 0.25) is 0 Å². The van der Waals surface area contributed by atoms with Gasteiger partial charge in [0.15, 0.2) is 5.54 Å². The monoisotopic (exact) mass is 582 g/mol. The molecule has 0 spiro atoms. The van der Waals surface area contributed by atoms with Crippen molar-refractivity contribution in [1.29, 1.82) is 0 Å². The largest absolute Gasteiger partial charge is 0.464 e. The van der Waals surface area contributed by atoms with Crippen LogP contribution in [-0.4, -0.2) is 28.9 Å². The first-order chi connectivity index (χ1) is 21.6. The topological polar surface area (TPSA) is 32.8 Å². The van der Waals surface area contributed by atoms with E-state index in [0.717, 1.165) is 22.3 Å². The molecular weight excluding hydrogens is 540 g/mol. The highest BCUT2D eigenvalue weighted by Gasteiger charge is 2.48. The first kappa shape index (κ1) is 30.9. The van der Waals surface area contributed by atoms with Crippen LogP contribution in [0.5, 0.6) is 0 Å². The van der Waals surface area contributed by atoms with Crippen molar-refractivity contribution in [1.82, 2.24) is 9.80 Å². The SMILES string of the molecule is CCOC(=O)C(CN(Cc1ccccc1)Cc1ccccc1)(c1ccc(C)cc1)N(Cc1ccccc1)Cc1ccccc1. The van der Waals surface area contributed by atoms with Gasteiger partial charge in [-0.3, -0.25) is 9.80 Å². The quantitative estimate of drug-likeness (QED) is 0.124. The molecule has 4 nitrogen and oxygen atoms in total. The first-order valence-corrected chi connectivity index (χ1v) is 15.4. The van der Waals surface area contributed by atoms with Crippen molar-refractivity contribution >= 4 is 5.97 Å². The summed E-state index contributed by atoms with van der Waals surface area (Å²) in [5.41, 5.74) is 5.65. The lowest BCUT2D eigenvalue weighted by molar-refractivity contribution is -0.162. The number of nitrogens with zero attached hydrogens (tertiary/aromatic N) is 2. The van der Waals surface area contributed by atoms with Crippen LogP contribution in [0, 0.1) is 6.92 Å². The lowest BCUT2D eigenvalue weighted by atomic mass is 9.85. The van der Waals surface area contributed by atoms with E-state index in [1.807, 2.05) is 31.2 Å². The third-order valence-corrected chi connectivity index (χ3v) is 8.07. The molecule has 5 rings (SSSR count). The van der Waals surface area contributed by atoms with Crippen LogP contribution in [0.15, 0.2) is 146 Å². The van der Waals surface area contributed by atoms with Crippen molar-refractivity contribution in [3.05, 3.63) is 179 Å². The van der Waals surface area contributed by atoms with Gasteiger partial charge < -0.3 is 4.74 Å². The summed E-state index contributed by atoms with van der Waals surface area (Å²) in [6.07, 6.45) is 0. The molecule has 0 fully saturated rings. The van der Waals surface area contributed by atoms with Gasteiger partial charge in [-0.2, -0.15) is 0 Å². The van der Waals surface area contributed by atoms with Gasteiger partial charge in [-0.25, -0.2) is 4.79 Å². The highest BCUT2D eigenvalue weighted by Crippen LogP contribution is 2.36. The number of hydrogen-bond acceptors (Lipinski definition) is 4. The van der Waals surface area contributed by atoms with Gasteiger partial charge in [0.2, 0.25) is 0 Å². The summed E-state index contributed by atoms with van der Waals surface area (Å²) >= 11 is 0. The van der Waals surface area contributed by atoms with Crippen molar-refractivity contribution in [2.45, 2.75) is 45.6 Å². The Hall–Kier alpha value is -4.51. The number of hydrogen-bond donors (Lipinski definition) is 0. The average molecular weight is 583 g/mol. The minimum absolute atomic E-state index is 0.234. The molecule has 5 aromatic rings. The standard InChI is InChI=1S/C40H42N2O2/c1-3-44-39(43)40(38-26-24-33(2)25-27-38,42(30-36-20-12-6-13-21-36)31-37-22-14-7-15-23-37)32-41(28-34-16-8-4-9-17-34)29-35-18-10-5-11-19-35/h4-27H,3,28-32H2,1-2H3. The van der Waals surface area contributed by atoms with Crippen LogP contribution in [-0.2, 0) is 41.2 Å². The van der Waals surface area contributed by atoms with Crippen LogP contribution in [0.25, 0.3) is 0 Å². The van der Waals surface area contributed by atoms with Crippen molar-refractivity contribution in [2.24, 2.45) is 0 Å². The van der Waals surface area contributed by atoms with Crippen molar-refractivity contribution in [3.63, 3.8) is 0 Å². The van der Waals surface area contributed by atoms with Crippen molar-refractivity contribution < 1.29 is 9.53 Å². The third-order valence-electron chi connectivity index (χ3n) is 8.07. The Kier molecular flexibility index (Phi) is 10.7. The summed E-state index contributed by atoms with van der Waals surface area (Å²) in [5, 5.41) is 0. The highest BCUT2D eigenvalue weighted by molar-refractivity contribution is 5.83. The Morgan fingerprint density at radius 2 is 0.955 bits per heavy atom. The second kappa shape index (κ2) is 15.3. The second-order valence-electron chi connectivity index (χ2n) is 11.4. The van der Waals surface area contributed by atoms with E-state index in [1.54, 1.807) is 0 Å². The van der Waals surface area contributed by atoms with E-state index in [9.17, 15) is 4.79 Å². The second-order valence-corrected chi connectivity index (χ2v) is 11.4. The number of aryl methyl sites for hydroxylation is 1. The Morgan fingerprint density at radius 3 is 1.34 bits per heavy atom. The number of rotatable bonds is 14. The van der Waals surface area contributed by atoms with Crippen LogP contribution < -0.4 is 0 Å². The predicted octanol–water partition coefficient (Wildman–Crippen LogP) is 8.16. The van der Waals surface area contributed by atoms with Crippen LogP contribution >= 0.6 is 0 Å². The van der Waals surface area contributed by atoms with Crippen LogP contribution in [0.1, 0.15) is 40.3 Å². The number of carbonyl (C=O) groups is 1. The number of esters is 1. The van der Waals surface area contributed by atoms with Crippen molar-refractivity contribution in [3.8, 4) is 0 Å². The number of carbonyl (C=O) groups excluding carboxylic acids is 1. The molecule has 0 heterocycles. The Labute approximate surface area is 262 Å². The minimum Gasteiger partial charge on any atom is -0.464 e. The van der Waals surface area contributed by atoms with Gasteiger partial charge in [0, 0.05) is 32.7 Å². The van der Waals surface area contributed by atoms with E-state index in [2.05, 4.69) is 138 Å². The molecule has 0 N–H and O–H groups in total. The molecule has 0 aromatic heterocycles. The van der Waals surface area contributed by atoms with Gasteiger partial charge in [-0.1, -0.05) is 151 Å². The van der Waals surface area contributed by atoms with Gasteiger partial charge >= 0.3 is 5.97 Å². The molecule has 44 heavy (non-hydrogen) atoms. The number of ether oxygens (including phenoxy) is 1. The normalized spacial score (nSPS) is 12.6. The summed E-state index contributed by atoms with van der Waals surface area (Å²) in [4.78, 5) is 19.4. The highest BCUT2D eigenvalue weighted by atomic mass is 16.5. The Balaban J connectivity index is 1.69. The maximum absolute atomic E-state index is 14.7. The molecule has 1 atom stereocenters. The molecule has 0 bridgehead atoms. The van der Waals surface area contributed by atoms with Gasteiger partial charge in [0.05, 0.1) is 6.61 Å². The molecule has 0 aliphatic rings. The molecule has 0 saturated heterocycles. The van der Waals surface area contributed by atoms with E-state index >= 15 is 0 Å². The predicted molar refractivity (Wildman–Crippen MR) is 179 cm³/mol. The van der Waals surface area contributed by atoms with Crippen molar-refractivity contribution in [2.75, 3.05) is 13.2 Å². The molecule has 5 aromatic carbocycles. The molecule has 0 amide bonds. The molecule has 1 unspecified atom stereocenters. The molecular formula is C40H42N2O2.